The number of nitrogens with one attached hydrogen (secondary N) is 1. The number of esters is 1. The van der Waals surface area contributed by atoms with E-state index < -0.39 is 29.0 Å². The van der Waals surface area contributed by atoms with Gasteiger partial charge in [-0.2, -0.15) is 13.2 Å². The second-order valence-electron chi connectivity index (χ2n) is 6.68. The van der Waals surface area contributed by atoms with Gasteiger partial charge in [-0.05, 0) is 43.3 Å². The minimum absolute atomic E-state index is 0.147. The molecule has 2 heterocycles. The van der Waals surface area contributed by atoms with Crippen molar-refractivity contribution in [2.75, 3.05) is 6.61 Å². The molecule has 31 heavy (non-hydrogen) atoms. The number of hydrogen-bond acceptors (Lipinski definition) is 4. The van der Waals surface area contributed by atoms with Crippen LogP contribution >= 0.6 is 0 Å². The average molecular weight is 427 g/mol. The van der Waals surface area contributed by atoms with Crippen molar-refractivity contribution in [2.24, 2.45) is 4.99 Å². The molecule has 0 radical (unpaired) electrons. The molecule has 0 atom stereocenters. The lowest BCUT2D eigenvalue weighted by Gasteiger charge is -2.06. The highest BCUT2D eigenvalue weighted by Gasteiger charge is 2.37. The van der Waals surface area contributed by atoms with E-state index in [-0.39, 0.29) is 17.9 Å². The molecule has 1 aliphatic rings. The third-order valence-electron chi connectivity index (χ3n) is 4.70. The quantitative estimate of drug-likeness (QED) is 0.618. The molecule has 0 saturated heterocycles. The molecule has 0 unspecified atom stereocenters. The van der Waals surface area contributed by atoms with Gasteiger partial charge < -0.3 is 4.74 Å². The van der Waals surface area contributed by atoms with E-state index >= 15 is 0 Å². The fraction of sp³-hybridized carbons (Fsp3) is 0.136. The summed E-state index contributed by atoms with van der Waals surface area (Å²) in [6, 6.07) is 12.5. The zero-order valence-electron chi connectivity index (χ0n) is 16.2. The Morgan fingerprint density at radius 3 is 2.55 bits per heavy atom. The Kier molecular flexibility index (Phi) is 5.10. The van der Waals surface area contributed by atoms with Gasteiger partial charge in [0.25, 0.3) is 5.56 Å². The number of benzene rings is 2. The Bertz CT molecular complexity index is 1270. The van der Waals surface area contributed by atoms with Crippen molar-refractivity contribution >= 4 is 29.5 Å². The largest absolute Gasteiger partial charge is 0.462 e. The average Bonchev–Trinajstić information content (AvgIpc) is 3.30. The second kappa shape index (κ2) is 7.75. The monoisotopic (exact) mass is 427 g/mol. The smallest absolute Gasteiger partial charge is 0.433 e. The van der Waals surface area contributed by atoms with E-state index in [1.54, 1.807) is 31.2 Å². The summed E-state index contributed by atoms with van der Waals surface area (Å²) in [5.74, 6) is -0.562. The van der Waals surface area contributed by atoms with Crippen LogP contribution in [0.2, 0.25) is 0 Å². The predicted octanol–water partition coefficient (Wildman–Crippen LogP) is 4.62. The van der Waals surface area contributed by atoms with Crippen LogP contribution in [0.5, 0.6) is 0 Å². The summed E-state index contributed by atoms with van der Waals surface area (Å²) in [5.41, 5.74) is -0.536. The normalized spacial score (nSPS) is 14.1. The molecule has 0 bridgehead atoms. The van der Waals surface area contributed by atoms with E-state index in [0.717, 1.165) is 4.68 Å². The third-order valence-corrected chi connectivity index (χ3v) is 4.70. The fourth-order valence-electron chi connectivity index (χ4n) is 3.25. The SMILES string of the molecule is CCOC(=O)c1ccc(-n2[nH]c(C(F)(F)F)c(/C=C3\C=Nc4ccccc43)c2=O)cc1. The molecule has 9 heteroatoms. The first kappa shape index (κ1) is 20.4. The highest BCUT2D eigenvalue weighted by Crippen LogP contribution is 2.35. The van der Waals surface area contributed by atoms with Crippen LogP contribution < -0.4 is 5.56 Å². The third kappa shape index (κ3) is 3.81. The standard InChI is InChI=1S/C22H16F3N3O3/c1-2-31-21(30)13-7-9-15(10-8-13)28-20(29)17(19(27-28)22(23,24)25)11-14-12-26-18-6-4-3-5-16(14)18/h3-12,27H,2H2,1H3/b14-11+. The summed E-state index contributed by atoms with van der Waals surface area (Å²) in [6.07, 6.45) is -2.17. The highest BCUT2D eigenvalue weighted by atomic mass is 19.4. The summed E-state index contributed by atoms with van der Waals surface area (Å²) < 4.78 is 46.7. The minimum Gasteiger partial charge on any atom is -0.462 e. The molecule has 0 fully saturated rings. The molecule has 0 saturated carbocycles. The number of carbonyl (C=O) groups excluding carboxylic acids is 1. The number of hydrogen-bond donors (Lipinski definition) is 1. The lowest BCUT2D eigenvalue weighted by atomic mass is 10.0. The van der Waals surface area contributed by atoms with Gasteiger partial charge in [-0.1, -0.05) is 18.2 Å². The molecule has 2 aromatic carbocycles. The van der Waals surface area contributed by atoms with Gasteiger partial charge in [0.2, 0.25) is 0 Å². The zero-order chi connectivity index (χ0) is 22.2. The van der Waals surface area contributed by atoms with Crippen molar-refractivity contribution in [3.05, 3.63) is 81.3 Å². The number of aromatic nitrogens is 2. The van der Waals surface area contributed by atoms with Crippen LogP contribution in [0.15, 0.2) is 58.3 Å². The Morgan fingerprint density at radius 1 is 1.16 bits per heavy atom. The summed E-state index contributed by atoms with van der Waals surface area (Å²) in [5, 5.41) is 2.15. The van der Waals surface area contributed by atoms with Gasteiger partial charge in [0.1, 0.15) is 5.69 Å². The van der Waals surface area contributed by atoms with Crippen LogP contribution in [0, 0.1) is 0 Å². The van der Waals surface area contributed by atoms with Gasteiger partial charge in [-0.3, -0.25) is 14.9 Å². The van der Waals surface area contributed by atoms with E-state index in [0.29, 0.717) is 16.8 Å². The maximum Gasteiger partial charge on any atom is 0.433 e. The van der Waals surface area contributed by atoms with Gasteiger partial charge in [0, 0.05) is 17.4 Å². The van der Waals surface area contributed by atoms with E-state index in [9.17, 15) is 22.8 Å². The van der Waals surface area contributed by atoms with Crippen LogP contribution in [-0.4, -0.2) is 28.6 Å². The van der Waals surface area contributed by atoms with Crippen molar-refractivity contribution in [1.29, 1.82) is 0 Å². The number of H-pyrrole nitrogens is 1. The number of rotatable bonds is 4. The van der Waals surface area contributed by atoms with Crippen LogP contribution in [-0.2, 0) is 10.9 Å². The Balaban J connectivity index is 1.80. The van der Waals surface area contributed by atoms with E-state index in [1.807, 2.05) is 0 Å². The van der Waals surface area contributed by atoms with Crippen molar-refractivity contribution in [2.45, 2.75) is 13.1 Å². The van der Waals surface area contributed by atoms with Gasteiger partial charge in [0.15, 0.2) is 0 Å². The number of fused-ring (bicyclic) bond motifs is 1. The number of allylic oxidation sites excluding steroid dienone is 1. The molecule has 6 nitrogen and oxygen atoms in total. The molecule has 1 aliphatic heterocycles. The van der Waals surface area contributed by atoms with E-state index in [1.165, 1.54) is 36.6 Å². The molecule has 1 N–H and O–H groups in total. The predicted molar refractivity (Wildman–Crippen MR) is 110 cm³/mol. The van der Waals surface area contributed by atoms with Gasteiger partial charge in [-0.15, -0.1) is 0 Å². The Hall–Kier alpha value is -3.88. The fourth-order valence-corrected chi connectivity index (χ4v) is 3.25. The summed E-state index contributed by atoms with van der Waals surface area (Å²) in [7, 11) is 0. The van der Waals surface area contributed by atoms with E-state index in [4.69, 9.17) is 4.74 Å². The van der Waals surface area contributed by atoms with Crippen molar-refractivity contribution in [1.82, 2.24) is 9.78 Å². The van der Waals surface area contributed by atoms with Crippen LogP contribution in [0.1, 0.15) is 34.1 Å². The number of aliphatic imine (C=N–C) groups is 1. The molecule has 1 aromatic heterocycles. The number of para-hydroxylation sites is 1. The van der Waals surface area contributed by atoms with E-state index in [2.05, 4.69) is 10.1 Å². The van der Waals surface area contributed by atoms with Crippen LogP contribution in [0.25, 0.3) is 17.3 Å². The minimum atomic E-state index is -4.78. The second-order valence-corrected chi connectivity index (χ2v) is 6.68. The molecule has 0 amide bonds. The molecular weight excluding hydrogens is 411 g/mol. The van der Waals surface area contributed by atoms with Gasteiger partial charge >= 0.3 is 12.1 Å². The van der Waals surface area contributed by atoms with Crippen molar-refractivity contribution in [3.63, 3.8) is 0 Å². The molecule has 4 rings (SSSR count). The number of nitrogens with zero attached hydrogens (tertiary/aromatic N) is 2. The molecular formula is C22H16F3N3O3. The molecule has 0 aliphatic carbocycles. The van der Waals surface area contributed by atoms with Crippen LogP contribution in [0.4, 0.5) is 18.9 Å². The lowest BCUT2D eigenvalue weighted by Crippen LogP contribution is -2.16. The highest BCUT2D eigenvalue weighted by molar-refractivity contribution is 6.21. The number of carbonyl (C=O) groups is 1. The lowest BCUT2D eigenvalue weighted by molar-refractivity contribution is -0.141. The van der Waals surface area contributed by atoms with Crippen LogP contribution in [0.3, 0.4) is 0 Å². The topological polar surface area (TPSA) is 76.4 Å². The maximum atomic E-state index is 13.7. The number of alkyl halides is 3. The summed E-state index contributed by atoms with van der Waals surface area (Å²) in [4.78, 5) is 28.9. The zero-order valence-corrected chi connectivity index (χ0v) is 16.2. The van der Waals surface area contributed by atoms with Crippen molar-refractivity contribution < 1.29 is 22.7 Å². The van der Waals surface area contributed by atoms with Gasteiger partial charge in [0.05, 0.1) is 29.1 Å². The first-order chi connectivity index (χ1) is 14.8. The molecule has 0 spiro atoms. The first-order valence-electron chi connectivity index (χ1n) is 9.34. The molecule has 3 aromatic rings. The summed E-state index contributed by atoms with van der Waals surface area (Å²) in [6.45, 7) is 1.85. The number of aromatic amines is 1. The number of halogens is 3. The first-order valence-corrected chi connectivity index (χ1v) is 9.34. The van der Waals surface area contributed by atoms with Gasteiger partial charge in [-0.25, -0.2) is 9.48 Å². The number of ether oxygens (including phenoxy) is 1. The summed E-state index contributed by atoms with van der Waals surface area (Å²) >= 11 is 0. The van der Waals surface area contributed by atoms with Crippen molar-refractivity contribution in [3.8, 4) is 5.69 Å². The Labute approximate surface area is 174 Å². The Morgan fingerprint density at radius 2 is 1.87 bits per heavy atom. The maximum absolute atomic E-state index is 13.7. The molecule has 158 valence electrons.